The van der Waals surface area contributed by atoms with Gasteiger partial charge in [0, 0.05) is 0 Å². The van der Waals surface area contributed by atoms with Crippen LogP contribution >= 0.6 is 0 Å². The van der Waals surface area contributed by atoms with Crippen LogP contribution in [0.25, 0.3) is 5.57 Å². The molecule has 0 bridgehead atoms. The molecule has 0 unspecified atom stereocenters. The summed E-state index contributed by atoms with van der Waals surface area (Å²) in [5.74, 6) is 0. The van der Waals surface area contributed by atoms with E-state index in [0.717, 1.165) is 16.7 Å². The zero-order valence-corrected chi connectivity index (χ0v) is 10.9. The van der Waals surface area contributed by atoms with Crippen molar-refractivity contribution < 1.29 is 4.79 Å². The van der Waals surface area contributed by atoms with E-state index < -0.39 is 5.54 Å². The quantitative estimate of drug-likeness (QED) is 0.617. The third-order valence-corrected chi connectivity index (χ3v) is 2.39. The van der Waals surface area contributed by atoms with E-state index in [4.69, 9.17) is 10.8 Å². The number of aliphatic imine (C=N–C) groups is 1. The Hall–Kier alpha value is -2.28. The number of nitrogens with zero attached hydrogens (tertiary/aromatic N) is 1. The van der Waals surface area contributed by atoms with Crippen molar-refractivity contribution in [3.63, 3.8) is 0 Å². The molecule has 0 aromatic heterocycles. The fourth-order valence-corrected chi connectivity index (χ4v) is 1.34. The van der Waals surface area contributed by atoms with Crippen molar-refractivity contribution in [2.24, 2.45) is 4.99 Å². The molecule has 0 spiro atoms. The molecule has 0 aliphatic carbocycles. The highest BCUT2D eigenvalue weighted by Crippen LogP contribution is 2.26. The van der Waals surface area contributed by atoms with E-state index in [9.17, 15) is 4.79 Å². The number of allylic oxidation sites excluding steroid dienone is 1. The summed E-state index contributed by atoms with van der Waals surface area (Å²) in [6, 6.07) is 9.14. The van der Waals surface area contributed by atoms with Crippen molar-refractivity contribution in [2.45, 2.75) is 26.3 Å². The van der Waals surface area contributed by atoms with Crippen LogP contribution < -0.4 is 0 Å². The van der Waals surface area contributed by atoms with Crippen LogP contribution in [0.3, 0.4) is 0 Å². The van der Waals surface area contributed by atoms with E-state index in [2.05, 4.69) is 11.6 Å². The van der Waals surface area contributed by atoms with Crippen LogP contribution in [0.5, 0.6) is 0 Å². The number of benzene rings is 1. The highest BCUT2D eigenvalue weighted by molar-refractivity contribution is 5.62. The predicted molar refractivity (Wildman–Crippen MR) is 72.7 cm³/mol. The fraction of sp³-hybridized carbons (Fsp3) is 0.286. The molecule has 0 saturated carbocycles. The SMILES string of the molecule is C=C(C)c1cccc(C(C)(C)N=C=O)c1.N=C=N. The minimum atomic E-state index is -0.521. The second-order valence-electron chi connectivity index (χ2n) is 4.25. The monoisotopic (exact) mass is 243 g/mol. The molecule has 1 rings (SSSR count). The van der Waals surface area contributed by atoms with Gasteiger partial charge in [-0.15, -0.1) is 0 Å². The molecule has 0 amide bonds. The summed E-state index contributed by atoms with van der Waals surface area (Å²) in [4.78, 5) is 14.1. The highest BCUT2D eigenvalue weighted by atomic mass is 16.1. The number of carbonyl (C=O) groups excluding carboxylic acids is 1. The summed E-state index contributed by atoms with van der Waals surface area (Å²) in [7, 11) is 0. The van der Waals surface area contributed by atoms with Crippen molar-refractivity contribution >= 4 is 17.7 Å². The Morgan fingerprint density at radius 1 is 1.39 bits per heavy atom. The zero-order valence-electron chi connectivity index (χ0n) is 10.9. The van der Waals surface area contributed by atoms with E-state index in [0.29, 0.717) is 0 Å². The molecule has 0 radical (unpaired) electrons. The van der Waals surface area contributed by atoms with Gasteiger partial charge in [0.05, 0.1) is 11.5 Å². The van der Waals surface area contributed by atoms with Crippen LogP contribution in [-0.2, 0) is 10.3 Å². The summed E-state index contributed by atoms with van der Waals surface area (Å²) in [5, 5.41) is 11.2. The molecule has 1 aromatic rings. The lowest BCUT2D eigenvalue weighted by Crippen LogP contribution is -2.13. The van der Waals surface area contributed by atoms with Crippen LogP contribution in [0.2, 0.25) is 0 Å². The molecular formula is C14H17N3O. The van der Waals surface area contributed by atoms with Crippen molar-refractivity contribution in [2.75, 3.05) is 0 Å². The highest BCUT2D eigenvalue weighted by Gasteiger charge is 2.19. The Morgan fingerprint density at radius 3 is 2.39 bits per heavy atom. The van der Waals surface area contributed by atoms with Gasteiger partial charge < -0.3 is 0 Å². The molecule has 2 N–H and O–H groups in total. The minimum absolute atomic E-state index is 0.521. The van der Waals surface area contributed by atoms with Gasteiger partial charge in [-0.05, 0) is 38.0 Å². The summed E-state index contributed by atoms with van der Waals surface area (Å²) >= 11 is 0. The molecule has 4 heteroatoms. The lowest BCUT2D eigenvalue weighted by Gasteiger charge is -2.18. The molecule has 1 aromatic carbocycles. The van der Waals surface area contributed by atoms with Gasteiger partial charge in [0.1, 0.15) is 0 Å². The molecule has 0 fully saturated rings. The van der Waals surface area contributed by atoms with E-state index in [-0.39, 0.29) is 0 Å². The number of hydrogen-bond acceptors (Lipinski definition) is 4. The van der Waals surface area contributed by atoms with Crippen LogP contribution in [-0.4, -0.2) is 12.1 Å². The average molecular weight is 243 g/mol. The maximum absolute atomic E-state index is 10.3. The first-order chi connectivity index (χ1) is 8.38. The first kappa shape index (κ1) is 15.7. The molecular weight excluding hydrogens is 226 g/mol. The topological polar surface area (TPSA) is 77.1 Å². The second-order valence-corrected chi connectivity index (χ2v) is 4.25. The number of hydrogen-bond donors (Lipinski definition) is 2. The Bertz CT molecular complexity index is 506. The van der Waals surface area contributed by atoms with Gasteiger partial charge in [-0.25, -0.2) is 15.6 Å². The molecule has 0 saturated heterocycles. The van der Waals surface area contributed by atoms with Gasteiger partial charge in [-0.1, -0.05) is 30.4 Å². The smallest absolute Gasteiger partial charge is 0.235 e. The van der Waals surface area contributed by atoms with E-state index in [1.807, 2.05) is 45.0 Å². The maximum atomic E-state index is 10.3. The Morgan fingerprint density at radius 2 is 1.94 bits per heavy atom. The van der Waals surface area contributed by atoms with Crippen molar-refractivity contribution in [3.8, 4) is 0 Å². The van der Waals surface area contributed by atoms with Crippen LogP contribution in [0.15, 0.2) is 35.8 Å². The van der Waals surface area contributed by atoms with Crippen LogP contribution in [0.4, 0.5) is 0 Å². The lowest BCUT2D eigenvalue weighted by atomic mass is 9.92. The number of nitrogens with one attached hydrogen (secondary N) is 2. The molecule has 0 aliphatic heterocycles. The lowest BCUT2D eigenvalue weighted by molar-refractivity contribution is 0.523. The van der Waals surface area contributed by atoms with Gasteiger partial charge in [-0.3, -0.25) is 0 Å². The summed E-state index contributed by atoms with van der Waals surface area (Å²) < 4.78 is 0. The normalized spacial score (nSPS) is 9.28. The maximum Gasteiger partial charge on any atom is 0.235 e. The Kier molecular flexibility index (Phi) is 6.22. The fourth-order valence-electron chi connectivity index (χ4n) is 1.34. The zero-order chi connectivity index (χ0) is 14.2. The van der Waals surface area contributed by atoms with Gasteiger partial charge in [0.15, 0.2) is 0 Å². The van der Waals surface area contributed by atoms with Crippen molar-refractivity contribution in [3.05, 3.63) is 42.0 Å². The predicted octanol–water partition coefficient (Wildman–Crippen LogP) is 3.61. The van der Waals surface area contributed by atoms with Crippen molar-refractivity contribution in [1.82, 2.24) is 0 Å². The van der Waals surface area contributed by atoms with E-state index in [1.54, 1.807) is 6.08 Å². The summed E-state index contributed by atoms with van der Waals surface area (Å²) in [6.07, 6.45) is 1.61. The average Bonchev–Trinajstić information content (AvgIpc) is 2.30. The van der Waals surface area contributed by atoms with Gasteiger partial charge in [0.2, 0.25) is 6.08 Å². The third-order valence-electron chi connectivity index (χ3n) is 2.39. The number of isocyanates is 1. The largest absolute Gasteiger partial charge is 0.242 e. The van der Waals surface area contributed by atoms with Gasteiger partial charge >= 0.3 is 0 Å². The van der Waals surface area contributed by atoms with E-state index in [1.165, 1.54) is 6.01 Å². The molecule has 4 nitrogen and oxygen atoms in total. The first-order valence-electron chi connectivity index (χ1n) is 5.33. The Labute approximate surface area is 107 Å². The minimum Gasteiger partial charge on any atom is -0.242 e. The summed E-state index contributed by atoms with van der Waals surface area (Å²) in [5.41, 5.74) is 2.54. The molecule has 94 valence electrons. The molecule has 0 heterocycles. The molecule has 0 atom stereocenters. The Balaban J connectivity index is 0.000000873. The van der Waals surface area contributed by atoms with Crippen LogP contribution in [0, 0.1) is 10.8 Å². The number of rotatable bonds is 3. The van der Waals surface area contributed by atoms with Crippen LogP contribution in [0.1, 0.15) is 31.9 Å². The van der Waals surface area contributed by atoms with Gasteiger partial charge in [0.25, 0.3) is 0 Å². The third kappa shape index (κ3) is 4.71. The summed E-state index contributed by atoms with van der Waals surface area (Å²) in [6.45, 7) is 9.61. The van der Waals surface area contributed by atoms with E-state index >= 15 is 0 Å². The second kappa shape index (κ2) is 7.13. The standard InChI is InChI=1S/C13H15NO.CH2N2/c1-10(2)11-6-5-7-12(8-11)13(3,4)14-9-15;2-1-3/h5-8H,1H2,2-4H3;2-3H. The molecule has 0 aliphatic rings. The first-order valence-corrected chi connectivity index (χ1v) is 5.33. The molecule has 18 heavy (non-hydrogen) atoms. The van der Waals surface area contributed by atoms with Gasteiger partial charge in [-0.2, -0.15) is 4.99 Å². The van der Waals surface area contributed by atoms with Crippen molar-refractivity contribution in [1.29, 1.82) is 10.8 Å².